The molecule has 144 valence electrons. The molecule has 0 fully saturated rings. The molecule has 0 heterocycles. The first-order valence-corrected chi connectivity index (χ1v) is 8.51. The molecule has 0 radical (unpaired) electrons. The van der Waals surface area contributed by atoms with E-state index in [0.717, 1.165) is 12.1 Å². The van der Waals surface area contributed by atoms with Gasteiger partial charge in [-0.1, -0.05) is 25.4 Å². The maximum Gasteiger partial charge on any atom is 0.255 e. The number of hydrogen-bond donors (Lipinski definition) is 2. The van der Waals surface area contributed by atoms with Crippen molar-refractivity contribution >= 4 is 29.1 Å². The molecule has 6 nitrogen and oxygen atoms in total. The third-order valence-corrected chi connectivity index (χ3v) is 3.82. The Hall–Kier alpha value is -2.80. The van der Waals surface area contributed by atoms with Crippen LogP contribution >= 0.6 is 11.6 Å². The number of benzene rings is 2. The molecule has 0 bridgehead atoms. The van der Waals surface area contributed by atoms with Crippen molar-refractivity contribution in [2.75, 3.05) is 19.0 Å². The molecule has 0 aliphatic rings. The van der Waals surface area contributed by atoms with Gasteiger partial charge in [-0.15, -0.1) is 0 Å². The molecule has 0 aromatic heterocycles. The normalized spacial score (nSPS) is 10.6. The van der Waals surface area contributed by atoms with Crippen molar-refractivity contribution in [3.05, 3.63) is 52.3 Å². The predicted molar refractivity (Wildman–Crippen MR) is 101 cm³/mol. The number of nitrogens with one attached hydrogen (secondary N) is 1. The smallest absolute Gasteiger partial charge is 0.255 e. The number of primary amides is 1. The first-order valence-electron chi connectivity index (χ1n) is 8.14. The molecule has 0 aliphatic heterocycles. The Morgan fingerprint density at radius 1 is 1.26 bits per heavy atom. The number of rotatable bonds is 7. The summed E-state index contributed by atoms with van der Waals surface area (Å²) < 4.78 is 24.5. The maximum absolute atomic E-state index is 13.5. The topological polar surface area (TPSA) is 90.6 Å². The van der Waals surface area contributed by atoms with Gasteiger partial charge in [-0.2, -0.15) is 0 Å². The molecular weight excluding hydrogens is 375 g/mol. The molecule has 8 heteroatoms. The van der Waals surface area contributed by atoms with Gasteiger partial charge in [0.2, 0.25) is 0 Å². The van der Waals surface area contributed by atoms with E-state index in [1.807, 2.05) is 13.8 Å². The second-order valence-corrected chi connectivity index (χ2v) is 6.61. The van der Waals surface area contributed by atoms with Gasteiger partial charge >= 0.3 is 0 Å². The lowest BCUT2D eigenvalue weighted by Gasteiger charge is -2.15. The highest BCUT2D eigenvalue weighted by Gasteiger charge is 2.17. The van der Waals surface area contributed by atoms with E-state index >= 15 is 0 Å². The van der Waals surface area contributed by atoms with Crippen LogP contribution in [-0.2, 0) is 0 Å². The Labute approximate surface area is 161 Å². The van der Waals surface area contributed by atoms with E-state index in [1.165, 1.54) is 25.3 Å². The summed E-state index contributed by atoms with van der Waals surface area (Å²) in [6.45, 7) is 4.42. The number of anilines is 1. The summed E-state index contributed by atoms with van der Waals surface area (Å²) in [6.07, 6.45) is 0. The van der Waals surface area contributed by atoms with Gasteiger partial charge in [0, 0.05) is 11.3 Å². The minimum Gasteiger partial charge on any atom is -0.493 e. The molecule has 3 N–H and O–H groups in total. The van der Waals surface area contributed by atoms with Crippen molar-refractivity contribution in [2.45, 2.75) is 13.8 Å². The van der Waals surface area contributed by atoms with E-state index in [9.17, 15) is 14.0 Å². The number of carbonyl (C=O) groups is 2. The van der Waals surface area contributed by atoms with Gasteiger partial charge in [0.25, 0.3) is 11.8 Å². The fraction of sp³-hybridized carbons (Fsp3) is 0.263. The predicted octanol–water partition coefficient (Wildman–Crippen LogP) is 3.87. The summed E-state index contributed by atoms with van der Waals surface area (Å²) in [5.41, 5.74) is 5.21. The standard InChI is InChI=1S/C19H20ClFN2O4/c1-10(2)9-27-17-14(20)6-11(7-16(17)26-3)19(25)23-12-4-5-15(21)13(8-12)18(22)24/h4-8,10H,9H2,1-3H3,(H2,22,24)(H,23,25). The quantitative estimate of drug-likeness (QED) is 0.745. The molecule has 0 saturated carbocycles. The van der Waals surface area contributed by atoms with Gasteiger partial charge in [-0.05, 0) is 36.2 Å². The van der Waals surface area contributed by atoms with Crippen LogP contribution in [-0.4, -0.2) is 25.5 Å². The molecule has 27 heavy (non-hydrogen) atoms. The Bertz CT molecular complexity index is 871. The fourth-order valence-electron chi connectivity index (χ4n) is 2.24. The fourth-order valence-corrected chi connectivity index (χ4v) is 2.50. The summed E-state index contributed by atoms with van der Waals surface area (Å²) in [5, 5.41) is 2.78. The number of carbonyl (C=O) groups excluding carboxylic acids is 2. The molecule has 0 spiro atoms. The van der Waals surface area contributed by atoms with Crippen molar-refractivity contribution in [1.82, 2.24) is 0 Å². The zero-order valence-corrected chi connectivity index (χ0v) is 15.9. The summed E-state index contributed by atoms with van der Waals surface area (Å²) in [4.78, 5) is 23.7. The van der Waals surface area contributed by atoms with E-state index in [4.69, 9.17) is 26.8 Å². The number of hydrogen-bond acceptors (Lipinski definition) is 4. The average Bonchev–Trinajstić information content (AvgIpc) is 2.61. The zero-order valence-electron chi connectivity index (χ0n) is 15.1. The van der Waals surface area contributed by atoms with Gasteiger partial charge in [0.15, 0.2) is 11.5 Å². The highest BCUT2D eigenvalue weighted by atomic mass is 35.5. The Morgan fingerprint density at radius 3 is 2.56 bits per heavy atom. The molecule has 2 aromatic carbocycles. The van der Waals surface area contributed by atoms with Crippen molar-refractivity contribution in [3.8, 4) is 11.5 Å². The van der Waals surface area contributed by atoms with Gasteiger partial charge in [-0.3, -0.25) is 9.59 Å². The molecule has 0 atom stereocenters. The Morgan fingerprint density at radius 2 is 1.96 bits per heavy atom. The maximum atomic E-state index is 13.5. The molecule has 0 aliphatic carbocycles. The molecule has 2 rings (SSSR count). The lowest BCUT2D eigenvalue weighted by atomic mass is 10.1. The largest absolute Gasteiger partial charge is 0.493 e. The van der Waals surface area contributed by atoms with Gasteiger partial charge in [0.05, 0.1) is 24.3 Å². The van der Waals surface area contributed by atoms with Crippen LogP contribution in [0.15, 0.2) is 30.3 Å². The van der Waals surface area contributed by atoms with Crippen LogP contribution in [0.4, 0.5) is 10.1 Å². The van der Waals surface area contributed by atoms with Crippen LogP contribution in [0.5, 0.6) is 11.5 Å². The molecular formula is C19H20ClFN2O4. The molecule has 0 saturated heterocycles. The van der Waals surface area contributed by atoms with Crippen molar-refractivity contribution in [1.29, 1.82) is 0 Å². The molecule has 0 unspecified atom stereocenters. The monoisotopic (exact) mass is 394 g/mol. The van der Waals surface area contributed by atoms with Crippen molar-refractivity contribution in [2.24, 2.45) is 11.7 Å². The lowest BCUT2D eigenvalue weighted by molar-refractivity contribution is 0.0992. The van der Waals surface area contributed by atoms with Crippen LogP contribution in [0.1, 0.15) is 34.6 Å². The summed E-state index contributed by atoms with van der Waals surface area (Å²) in [7, 11) is 1.44. The highest BCUT2D eigenvalue weighted by molar-refractivity contribution is 6.32. The third-order valence-electron chi connectivity index (χ3n) is 3.54. The minimum atomic E-state index is -0.931. The number of amides is 2. The number of ether oxygens (including phenoxy) is 2. The Kier molecular flexibility index (Phi) is 6.63. The average molecular weight is 395 g/mol. The molecule has 2 amide bonds. The minimum absolute atomic E-state index is 0.207. The summed E-state index contributed by atoms with van der Waals surface area (Å²) in [5.74, 6) is -1.27. The number of nitrogens with two attached hydrogens (primary N) is 1. The van der Waals surface area contributed by atoms with Crippen LogP contribution < -0.4 is 20.5 Å². The first kappa shape index (κ1) is 20.5. The SMILES string of the molecule is COc1cc(C(=O)Nc2ccc(F)c(C(N)=O)c2)cc(Cl)c1OCC(C)C. The third kappa shape index (κ3) is 5.10. The van der Waals surface area contributed by atoms with Crippen molar-refractivity contribution < 1.29 is 23.5 Å². The van der Waals surface area contributed by atoms with Crippen LogP contribution in [0, 0.1) is 11.7 Å². The van der Waals surface area contributed by atoms with E-state index in [-0.39, 0.29) is 27.8 Å². The first-order chi connectivity index (χ1) is 12.7. The van der Waals surface area contributed by atoms with Crippen LogP contribution in [0.25, 0.3) is 0 Å². The van der Waals surface area contributed by atoms with Gasteiger partial charge in [0.1, 0.15) is 5.82 Å². The Balaban J connectivity index is 2.27. The second-order valence-electron chi connectivity index (χ2n) is 6.21. The van der Waals surface area contributed by atoms with Crippen molar-refractivity contribution in [3.63, 3.8) is 0 Å². The van der Waals surface area contributed by atoms with Gasteiger partial charge < -0.3 is 20.5 Å². The van der Waals surface area contributed by atoms with E-state index < -0.39 is 17.6 Å². The number of halogens is 2. The van der Waals surface area contributed by atoms with E-state index in [1.54, 1.807) is 0 Å². The summed E-state index contributed by atoms with van der Waals surface area (Å²) >= 11 is 6.24. The second kappa shape index (κ2) is 8.73. The van der Waals surface area contributed by atoms with Crippen LogP contribution in [0.3, 0.4) is 0 Å². The molecule has 2 aromatic rings. The lowest BCUT2D eigenvalue weighted by Crippen LogP contribution is -2.16. The number of methoxy groups -OCH3 is 1. The zero-order chi connectivity index (χ0) is 20.1. The highest BCUT2D eigenvalue weighted by Crippen LogP contribution is 2.37. The summed E-state index contributed by atoms with van der Waals surface area (Å²) in [6, 6.07) is 6.45. The van der Waals surface area contributed by atoms with Gasteiger partial charge in [-0.25, -0.2) is 4.39 Å². The van der Waals surface area contributed by atoms with Crippen LogP contribution in [0.2, 0.25) is 5.02 Å². The van der Waals surface area contributed by atoms with E-state index in [2.05, 4.69) is 5.32 Å². The van der Waals surface area contributed by atoms with E-state index in [0.29, 0.717) is 18.1 Å².